The number of esters is 2. The fourth-order valence-corrected chi connectivity index (χ4v) is 1.99. The van der Waals surface area contributed by atoms with Crippen molar-refractivity contribution in [3.8, 4) is 0 Å². The molecule has 0 spiro atoms. The highest BCUT2D eigenvalue weighted by Gasteiger charge is 2.54. The minimum absolute atomic E-state index is 0.366. The maximum absolute atomic E-state index is 11.5. The van der Waals surface area contributed by atoms with Gasteiger partial charge in [0.15, 0.2) is 0 Å². The summed E-state index contributed by atoms with van der Waals surface area (Å²) in [6.07, 6.45) is -0.366. The second-order valence-corrected chi connectivity index (χ2v) is 3.66. The van der Waals surface area contributed by atoms with E-state index in [0.717, 1.165) is 14.2 Å². The summed E-state index contributed by atoms with van der Waals surface area (Å²) < 4.78 is 8.82. The molecule has 1 saturated carbocycles. The van der Waals surface area contributed by atoms with Gasteiger partial charge in [-0.3, -0.25) is 19.2 Å². The summed E-state index contributed by atoms with van der Waals surface area (Å²) in [5, 5.41) is 8.91. The van der Waals surface area contributed by atoms with Crippen molar-refractivity contribution in [2.45, 2.75) is 6.42 Å². The van der Waals surface area contributed by atoms with Crippen LogP contribution in [0.25, 0.3) is 0 Å². The molecule has 0 aromatic rings. The molecule has 0 amide bonds. The second-order valence-electron chi connectivity index (χ2n) is 3.66. The Morgan fingerprint density at radius 1 is 1.18 bits per heavy atom. The highest BCUT2D eigenvalue weighted by atomic mass is 16.5. The average Bonchev–Trinajstić information content (AvgIpc) is 2.65. The summed E-state index contributed by atoms with van der Waals surface area (Å²) in [6.45, 7) is 0. The Hall–Kier alpha value is -1.92. The quantitative estimate of drug-likeness (QED) is 0.513. The molecular formula is C10H12O7. The van der Waals surface area contributed by atoms with E-state index >= 15 is 0 Å². The maximum atomic E-state index is 11.5. The van der Waals surface area contributed by atoms with Gasteiger partial charge in [0.1, 0.15) is 11.7 Å². The van der Waals surface area contributed by atoms with Gasteiger partial charge in [0, 0.05) is 6.42 Å². The smallest absolute Gasteiger partial charge is 0.317 e. The van der Waals surface area contributed by atoms with Gasteiger partial charge in [-0.1, -0.05) is 0 Å². The summed E-state index contributed by atoms with van der Waals surface area (Å²) in [4.78, 5) is 45.3. The molecular weight excluding hydrogens is 232 g/mol. The number of aliphatic carboxylic acids is 1. The van der Waals surface area contributed by atoms with E-state index < -0.39 is 41.4 Å². The molecule has 1 aliphatic rings. The number of hydrogen-bond acceptors (Lipinski definition) is 6. The lowest BCUT2D eigenvalue weighted by Gasteiger charge is -2.17. The molecule has 0 saturated heterocycles. The van der Waals surface area contributed by atoms with Crippen LogP contribution < -0.4 is 0 Å². The predicted octanol–water partition coefficient (Wildman–Crippen LogP) is -0.762. The Morgan fingerprint density at radius 2 is 1.71 bits per heavy atom. The molecule has 94 valence electrons. The Morgan fingerprint density at radius 3 is 2.12 bits per heavy atom. The van der Waals surface area contributed by atoms with Crippen molar-refractivity contribution in [2.24, 2.45) is 17.8 Å². The zero-order valence-electron chi connectivity index (χ0n) is 9.34. The molecule has 1 rings (SSSR count). The van der Waals surface area contributed by atoms with Gasteiger partial charge < -0.3 is 14.6 Å². The second kappa shape index (κ2) is 4.94. The van der Waals surface area contributed by atoms with Crippen LogP contribution in [0.5, 0.6) is 0 Å². The van der Waals surface area contributed by atoms with Gasteiger partial charge in [-0.2, -0.15) is 0 Å². The van der Waals surface area contributed by atoms with Gasteiger partial charge in [0.05, 0.1) is 26.1 Å². The summed E-state index contributed by atoms with van der Waals surface area (Å²) in [5.74, 6) is -7.64. The van der Waals surface area contributed by atoms with Crippen molar-refractivity contribution in [1.82, 2.24) is 0 Å². The molecule has 1 unspecified atom stereocenters. The Labute approximate surface area is 96.7 Å². The monoisotopic (exact) mass is 244 g/mol. The summed E-state index contributed by atoms with van der Waals surface area (Å²) in [7, 11) is 2.14. The van der Waals surface area contributed by atoms with Gasteiger partial charge >= 0.3 is 17.9 Å². The molecule has 17 heavy (non-hydrogen) atoms. The van der Waals surface area contributed by atoms with Gasteiger partial charge in [0.25, 0.3) is 0 Å². The van der Waals surface area contributed by atoms with Crippen LogP contribution in [0.1, 0.15) is 6.42 Å². The molecule has 0 aromatic heterocycles. The molecule has 0 radical (unpaired) electrons. The minimum atomic E-state index is -1.38. The predicted molar refractivity (Wildman–Crippen MR) is 51.8 cm³/mol. The van der Waals surface area contributed by atoms with E-state index in [4.69, 9.17) is 5.11 Å². The van der Waals surface area contributed by atoms with Gasteiger partial charge in [-0.05, 0) is 0 Å². The minimum Gasteiger partial charge on any atom is -0.481 e. The van der Waals surface area contributed by atoms with Crippen LogP contribution in [-0.2, 0) is 28.7 Å². The SMILES string of the molecule is COC(=O)C1C(=O)C[C@@H](C(=O)O)[C@@H]1C(=O)OC. The van der Waals surface area contributed by atoms with E-state index in [1.807, 2.05) is 0 Å². The number of methoxy groups -OCH3 is 2. The lowest BCUT2D eigenvalue weighted by atomic mass is 9.89. The van der Waals surface area contributed by atoms with E-state index in [2.05, 4.69) is 9.47 Å². The van der Waals surface area contributed by atoms with Crippen molar-refractivity contribution in [3.63, 3.8) is 0 Å². The summed E-state index contributed by atoms with van der Waals surface area (Å²) in [5.41, 5.74) is 0. The van der Waals surface area contributed by atoms with E-state index in [-0.39, 0.29) is 6.42 Å². The molecule has 3 atom stereocenters. The van der Waals surface area contributed by atoms with Crippen molar-refractivity contribution < 1.29 is 33.8 Å². The third-order valence-electron chi connectivity index (χ3n) is 2.81. The first-order chi connectivity index (χ1) is 7.93. The first-order valence-electron chi connectivity index (χ1n) is 4.85. The molecule has 0 aliphatic heterocycles. The zero-order valence-corrected chi connectivity index (χ0v) is 9.34. The maximum Gasteiger partial charge on any atom is 0.317 e. The average molecular weight is 244 g/mol. The van der Waals surface area contributed by atoms with Crippen LogP contribution in [-0.4, -0.2) is 43.0 Å². The fourth-order valence-electron chi connectivity index (χ4n) is 1.99. The summed E-state index contributed by atoms with van der Waals surface area (Å²) >= 11 is 0. The molecule has 0 heterocycles. The first-order valence-corrected chi connectivity index (χ1v) is 4.85. The number of carboxylic acid groups (broad SMARTS) is 1. The number of ketones is 1. The van der Waals surface area contributed by atoms with Crippen molar-refractivity contribution in [2.75, 3.05) is 14.2 Å². The van der Waals surface area contributed by atoms with Crippen LogP contribution in [0.3, 0.4) is 0 Å². The lowest BCUT2D eigenvalue weighted by molar-refractivity contribution is -0.161. The first kappa shape index (κ1) is 13.1. The Kier molecular flexibility index (Phi) is 3.82. The third-order valence-corrected chi connectivity index (χ3v) is 2.81. The van der Waals surface area contributed by atoms with Crippen LogP contribution in [0.4, 0.5) is 0 Å². The standard InChI is InChI=1S/C10H12O7/c1-16-9(14)6-4(8(12)13)3-5(11)7(6)10(15)17-2/h4,6-7H,3H2,1-2H3,(H,12,13)/t4-,6+,7?/m1/s1. The number of carbonyl (C=O) groups is 4. The number of carbonyl (C=O) groups excluding carboxylic acids is 3. The van der Waals surface area contributed by atoms with Gasteiger partial charge in [-0.15, -0.1) is 0 Å². The van der Waals surface area contributed by atoms with Crippen LogP contribution in [0, 0.1) is 17.8 Å². The zero-order chi connectivity index (χ0) is 13.2. The Balaban J connectivity index is 3.10. The van der Waals surface area contributed by atoms with Gasteiger partial charge in [0.2, 0.25) is 0 Å². The number of rotatable bonds is 3. The third kappa shape index (κ3) is 2.27. The van der Waals surface area contributed by atoms with Gasteiger partial charge in [-0.25, -0.2) is 0 Å². The van der Waals surface area contributed by atoms with Crippen molar-refractivity contribution in [3.05, 3.63) is 0 Å². The van der Waals surface area contributed by atoms with Crippen LogP contribution in [0.15, 0.2) is 0 Å². The van der Waals surface area contributed by atoms with E-state index in [1.165, 1.54) is 0 Å². The molecule has 7 heteroatoms. The van der Waals surface area contributed by atoms with E-state index in [9.17, 15) is 19.2 Å². The van der Waals surface area contributed by atoms with Crippen molar-refractivity contribution in [1.29, 1.82) is 0 Å². The van der Waals surface area contributed by atoms with Crippen LogP contribution in [0.2, 0.25) is 0 Å². The fraction of sp³-hybridized carbons (Fsp3) is 0.600. The number of hydrogen-bond donors (Lipinski definition) is 1. The van der Waals surface area contributed by atoms with E-state index in [1.54, 1.807) is 0 Å². The Bertz CT molecular complexity index is 373. The number of Topliss-reactive ketones (excluding diaryl/α,β-unsaturated/α-hetero) is 1. The number of carboxylic acids is 1. The number of ether oxygens (including phenoxy) is 2. The molecule has 0 bridgehead atoms. The van der Waals surface area contributed by atoms with E-state index in [0.29, 0.717) is 0 Å². The highest BCUT2D eigenvalue weighted by molar-refractivity contribution is 6.07. The van der Waals surface area contributed by atoms with Crippen LogP contribution >= 0.6 is 0 Å². The molecule has 1 N–H and O–H groups in total. The molecule has 1 aliphatic carbocycles. The lowest BCUT2D eigenvalue weighted by Crippen LogP contribution is -2.35. The highest BCUT2D eigenvalue weighted by Crippen LogP contribution is 2.36. The topological polar surface area (TPSA) is 107 Å². The molecule has 7 nitrogen and oxygen atoms in total. The largest absolute Gasteiger partial charge is 0.481 e. The molecule has 1 fully saturated rings. The normalized spacial score (nSPS) is 27.6. The summed E-state index contributed by atoms with van der Waals surface area (Å²) in [6, 6.07) is 0. The van der Waals surface area contributed by atoms with Crippen molar-refractivity contribution >= 4 is 23.7 Å². The molecule has 0 aromatic carbocycles.